The zero-order valence-corrected chi connectivity index (χ0v) is 12.6. The van der Waals surface area contributed by atoms with E-state index in [0.29, 0.717) is 29.7 Å². The van der Waals surface area contributed by atoms with Gasteiger partial charge in [-0.15, -0.1) is 0 Å². The molecule has 6 nitrogen and oxygen atoms in total. The molecule has 0 unspecified atom stereocenters. The van der Waals surface area contributed by atoms with E-state index in [-0.39, 0.29) is 5.91 Å². The van der Waals surface area contributed by atoms with Crippen LogP contribution in [0.3, 0.4) is 0 Å². The normalized spacial score (nSPS) is 14.7. The number of hydrogen-bond donors (Lipinski definition) is 2. The van der Waals surface area contributed by atoms with E-state index in [1.54, 1.807) is 13.0 Å². The van der Waals surface area contributed by atoms with Gasteiger partial charge in [0.25, 0.3) is 5.89 Å². The van der Waals surface area contributed by atoms with Gasteiger partial charge in [-0.2, -0.15) is 4.98 Å². The average molecular weight is 317 g/mol. The minimum absolute atomic E-state index is 0.0160. The van der Waals surface area contributed by atoms with E-state index in [2.05, 4.69) is 20.4 Å². The summed E-state index contributed by atoms with van der Waals surface area (Å²) in [6.07, 6.45) is 1.09. The minimum Gasteiger partial charge on any atom is -0.358 e. The summed E-state index contributed by atoms with van der Waals surface area (Å²) in [6, 6.07) is 3.66. The highest BCUT2D eigenvalue weighted by molar-refractivity contribution is 6.32. The van der Waals surface area contributed by atoms with E-state index in [9.17, 15) is 4.79 Å². The number of H-pyrrole nitrogens is 1. The first-order valence-corrected chi connectivity index (χ1v) is 7.40. The van der Waals surface area contributed by atoms with Crippen LogP contribution in [0.2, 0.25) is 5.02 Å². The lowest BCUT2D eigenvalue weighted by molar-refractivity contribution is -0.120. The van der Waals surface area contributed by atoms with Gasteiger partial charge in [0, 0.05) is 34.6 Å². The molecule has 0 radical (unpaired) electrons. The molecule has 3 heterocycles. The summed E-state index contributed by atoms with van der Waals surface area (Å²) < 4.78 is 5.30. The molecule has 0 fully saturated rings. The van der Waals surface area contributed by atoms with Crippen LogP contribution >= 0.6 is 11.6 Å². The van der Waals surface area contributed by atoms with Gasteiger partial charge in [-0.05, 0) is 24.6 Å². The molecule has 4 rings (SSSR count). The Kier molecular flexibility index (Phi) is 2.94. The fraction of sp³-hybridized carbons (Fsp3) is 0.267. The highest BCUT2D eigenvalue weighted by atomic mass is 35.5. The summed E-state index contributed by atoms with van der Waals surface area (Å²) in [5.74, 6) is 0.987. The Morgan fingerprint density at radius 2 is 2.23 bits per heavy atom. The number of aryl methyl sites for hydroxylation is 1. The van der Waals surface area contributed by atoms with Crippen molar-refractivity contribution in [2.24, 2.45) is 0 Å². The molecule has 22 heavy (non-hydrogen) atoms. The highest BCUT2D eigenvalue weighted by Gasteiger charge is 2.23. The molecule has 0 saturated heterocycles. The number of nitrogens with one attached hydrogen (secondary N) is 2. The number of rotatable bonds is 1. The van der Waals surface area contributed by atoms with Crippen molar-refractivity contribution in [3.8, 4) is 11.5 Å². The number of benzene rings is 1. The third-order valence-corrected chi connectivity index (χ3v) is 4.07. The number of carbonyl (C=O) groups is 1. The van der Waals surface area contributed by atoms with E-state index in [1.807, 2.05) is 6.07 Å². The minimum atomic E-state index is 0.0160. The Morgan fingerprint density at radius 3 is 3.00 bits per heavy atom. The number of halogens is 1. The molecule has 0 spiro atoms. The van der Waals surface area contributed by atoms with Gasteiger partial charge in [0.1, 0.15) is 0 Å². The SMILES string of the molecule is Cc1noc(-c2cc(Cl)cc3[nH]c4c(c23)CC(=O)NCC4)n1. The molecule has 112 valence electrons. The van der Waals surface area contributed by atoms with Crippen LogP contribution in [-0.4, -0.2) is 27.6 Å². The first-order valence-electron chi connectivity index (χ1n) is 7.02. The Bertz CT molecular complexity index is 896. The van der Waals surface area contributed by atoms with E-state index in [1.165, 1.54) is 0 Å². The Morgan fingerprint density at radius 1 is 1.36 bits per heavy atom. The van der Waals surface area contributed by atoms with Crippen molar-refractivity contribution in [1.82, 2.24) is 20.4 Å². The molecule has 0 saturated carbocycles. The fourth-order valence-electron chi connectivity index (χ4n) is 2.95. The van der Waals surface area contributed by atoms with Crippen LogP contribution < -0.4 is 5.32 Å². The quantitative estimate of drug-likeness (QED) is 0.722. The molecule has 2 aromatic heterocycles. The number of aromatic nitrogens is 3. The number of carbonyl (C=O) groups excluding carboxylic acids is 1. The zero-order valence-electron chi connectivity index (χ0n) is 11.9. The van der Waals surface area contributed by atoms with Crippen LogP contribution in [-0.2, 0) is 17.6 Å². The smallest absolute Gasteiger partial charge is 0.258 e. The van der Waals surface area contributed by atoms with Gasteiger partial charge in [0.2, 0.25) is 5.91 Å². The molecular weight excluding hydrogens is 304 g/mol. The molecular formula is C15H13ClN4O2. The van der Waals surface area contributed by atoms with Crippen LogP contribution in [0.5, 0.6) is 0 Å². The summed E-state index contributed by atoms with van der Waals surface area (Å²) in [7, 11) is 0. The van der Waals surface area contributed by atoms with E-state index < -0.39 is 0 Å². The van der Waals surface area contributed by atoms with Crippen LogP contribution in [0.15, 0.2) is 16.7 Å². The number of fused-ring (bicyclic) bond motifs is 3. The van der Waals surface area contributed by atoms with E-state index in [4.69, 9.17) is 16.1 Å². The number of hydrogen-bond acceptors (Lipinski definition) is 4. The first-order chi connectivity index (χ1) is 10.6. The summed E-state index contributed by atoms with van der Waals surface area (Å²) in [5.41, 5.74) is 3.67. The number of aromatic amines is 1. The zero-order chi connectivity index (χ0) is 15.3. The van der Waals surface area contributed by atoms with Crippen LogP contribution in [0.1, 0.15) is 17.1 Å². The van der Waals surface area contributed by atoms with Gasteiger partial charge in [0.05, 0.1) is 12.0 Å². The molecule has 0 aliphatic carbocycles. The summed E-state index contributed by atoms with van der Waals surface area (Å²) in [4.78, 5) is 19.6. The maximum absolute atomic E-state index is 11.9. The van der Waals surface area contributed by atoms with Crippen molar-refractivity contribution in [2.45, 2.75) is 19.8 Å². The van der Waals surface area contributed by atoms with Gasteiger partial charge >= 0.3 is 0 Å². The van der Waals surface area contributed by atoms with E-state index >= 15 is 0 Å². The van der Waals surface area contributed by atoms with Crippen molar-refractivity contribution in [3.63, 3.8) is 0 Å². The van der Waals surface area contributed by atoms with Crippen molar-refractivity contribution >= 4 is 28.4 Å². The molecule has 0 atom stereocenters. The Balaban J connectivity index is 2.03. The van der Waals surface area contributed by atoms with Crippen LogP contribution in [0, 0.1) is 6.92 Å². The van der Waals surface area contributed by atoms with Gasteiger partial charge in [-0.25, -0.2) is 0 Å². The summed E-state index contributed by atoms with van der Waals surface area (Å²) >= 11 is 6.22. The predicted octanol–water partition coefficient (Wildman–Crippen LogP) is 2.39. The molecule has 1 aliphatic heterocycles. The Hall–Kier alpha value is -2.34. The molecule has 7 heteroatoms. The summed E-state index contributed by atoms with van der Waals surface area (Å²) in [6.45, 7) is 2.39. The average Bonchev–Trinajstić information content (AvgIpc) is 2.98. The van der Waals surface area contributed by atoms with Crippen LogP contribution in [0.4, 0.5) is 0 Å². The number of amides is 1. The second-order valence-corrected chi connectivity index (χ2v) is 5.82. The van der Waals surface area contributed by atoms with Crippen molar-refractivity contribution < 1.29 is 9.32 Å². The second kappa shape index (κ2) is 4.84. The van der Waals surface area contributed by atoms with Crippen molar-refractivity contribution in [3.05, 3.63) is 34.2 Å². The van der Waals surface area contributed by atoms with Crippen LogP contribution in [0.25, 0.3) is 22.4 Å². The molecule has 2 N–H and O–H groups in total. The van der Waals surface area contributed by atoms with Gasteiger partial charge < -0.3 is 14.8 Å². The van der Waals surface area contributed by atoms with Gasteiger partial charge in [0.15, 0.2) is 5.82 Å². The maximum atomic E-state index is 11.9. The number of nitrogens with zero attached hydrogens (tertiary/aromatic N) is 2. The predicted molar refractivity (Wildman–Crippen MR) is 81.8 cm³/mol. The van der Waals surface area contributed by atoms with E-state index in [0.717, 1.165) is 34.1 Å². The largest absolute Gasteiger partial charge is 0.358 e. The lowest BCUT2D eigenvalue weighted by atomic mass is 10.0. The third-order valence-electron chi connectivity index (χ3n) is 3.85. The topological polar surface area (TPSA) is 83.8 Å². The third kappa shape index (κ3) is 2.07. The molecule has 3 aromatic rings. The lowest BCUT2D eigenvalue weighted by Gasteiger charge is -2.03. The lowest BCUT2D eigenvalue weighted by Crippen LogP contribution is -2.24. The molecule has 1 aliphatic rings. The molecule has 0 bridgehead atoms. The highest BCUT2D eigenvalue weighted by Crippen LogP contribution is 2.35. The molecule has 1 aromatic carbocycles. The fourth-order valence-corrected chi connectivity index (χ4v) is 3.17. The maximum Gasteiger partial charge on any atom is 0.258 e. The Labute approximate surface area is 130 Å². The van der Waals surface area contributed by atoms with Crippen molar-refractivity contribution in [2.75, 3.05) is 6.54 Å². The second-order valence-electron chi connectivity index (χ2n) is 5.38. The molecule has 1 amide bonds. The van der Waals surface area contributed by atoms with Gasteiger partial charge in [-0.1, -0.05) is 16.8 Å². The standard InChI is InChI=1S/C15H13ClN4O2/c1-7-18-15(22-20-7)10-4-8(16)5-12-14(10)9-6-13(21)17-3-2-11(9)19-12/h4-5,19H,2-3,6H2,1H3,(H,17,21). The van der Waals surface area contributed by atoms with Crippen molar-refractivity contribution in [1.29, 1.82) is 0 Å². The first kappa shape index (κ1) is 13.3. The monoisotopic (exact) mass is 316 g/mol. The van der Waals surface area contributed by atoms with Gasteiger partial charge in [-0.3, -0.25) is 4.79 Å². The summed E-state index contributed by atoms with van der Waals surface area (Å²) in [5, 5.41) is 8.23.